The van der Waals surface area contributed by atoms with E-state index in [1.165, 1.54) is 19.5 Å². The second kappa shape index (κ2) is 10.7. The second-order valence-corrected chi connectivity index (χ2v) is 6.26. The average molecular weight is 510 g/mol. The van der Waals surface area contributed by atoms with Crippen molar-refractivity contribution in [3.8, 4) is 17.1 Å². The maximum atomic E-state index is 13.9. The Balaban J connectivity index is 0.00000300. The molecule has 2 aromatic carbocycles. The van der Waals surface area contributed by atoms with Crippen molar-refractivity contribution in [1.29, 1.82) is 0 Å². The van der Waals surface area contributed by atoms with Gasteiger partial charge in [-0.15, -0.1) is 24.0 Å². The van der Waals surface area contributed by atoms with Crippen LogP contribution in [0.25, 0.3) is 11.4 Å². The van der Waals surface area contributed by atoms with Gasteiger partial charge in [-0.2, -0.15) is 5.10 Å². The van der Waals surface area contributed by atoms with E-state index < -0.39 is 0 Å². The molecule has 2 N–H and O–H groups in total. The number of nitrogens with one attached hydrogen (secondary N) is 2. The van der Waals surface area contributed by atoms with Gasteiger partial charge in [0.25, 0.3) is 0 Å². The van der Waals surface area contributed by atoms with E-state index >= 15 is 0 Å². The van der Waals surface area contributed by atoms with Crippen molar-refractivity contribution >= 4 is 29.9 Å². The fourth-order valence-corrected chi connectivity index (χ4v) is 2.90. The maximum Gasteiger partial charge on any atom is 0.193 e. The smallest absolute Gasteiger partial charge is 0.193 e. The van der Waals surface area contributed by atoms with Crippen molar-refractivity contribution in [3.05, 3.63) is 65.7 Å². The maximum absolute atomic E-state index is 13.9. The quantitative estimate of drug-likeness (QED) is 0.302. The monoisotopic (exact) mass is 510 g/mol. The second-order valence-electron chi connectivity index (χ2n) is 6.26. The minimum Gasteiger partial charge on any atom is -0.494 e. The van der Waals surface area contributed by atoms with Crippen LogP contribution in [0.4, 0.5) is 4.39 Å². The SMILES string of the molecule is CN=C(NCc1cccc(-c2ncn[nH]2)c1)N(C)Cc1ccc(OC)c(F)c1.I. The lowest BCUT2D eigenvalue weighted by Gasteiger charge is -2.22. The molecule has 9 heteroatoms. The number of aromatic nitrogens is 3. The van der Waals surface area contributed by atoms with Crippen LogP contribution < -0.4 is 10.1 Å². The summed E-state index contributed by atoms with van der Waals surface area (Å²) in [6, 6.07) is 13.0. The molecule has 3 rings (SSSR count). The van der Waals surface area contributed by atoms with Crippen LogP contribution in [0.15, 0.2) is 53.8 Å². The first kappa shape index (κ1) is 22.6. The number of hydrogen-bond acceptors (Lipinski definition) is 4. The number of aliphatic imine (C=N–C) groups is 1. The summed E-state index contributed by atoms with van der Waals surface area (Å²) in [6.07, 6.45) is 1.49. The molecule has 1 aromatic heterocycles. The Morgan fingerprint density at radius 3 is 2.72 bits per heavy atom. The van der Waals surface area contributed by atoms with Gasteiger partial charge in [-0.3, -0.25) is 10.1 Å². The summed E-state index contributed by atoms with van der Waals surface area (Å²) in [4.78, 5) is 10.4. The highest BCUT2D eigenvalue weighted by Crippen LogP contribution is 2.19. The Morgan fingerprint density at radius 1 is 1.24 bits per heavy atom. The van der Waals surface area contributed by atoms with Crippen LogP contribution in [-0.2, 0) is 13.1 Å². The number of H-pyrrole nitrogens is 1. The summed E-state index contributed by atoms with van der Waals surface area (Å²) in [7, 11) is 5.08. The van der Waals surface area contributed by atoms with E-state index in [1.807, 2.05) is 42.3 Å². The van der Waals surface area contributed by atoms with E-state index in [0.29, 0.717) is 19.0 Å². The van der Waals surface area contributed by atoms with E-state index in [-0.39, 0.29) is 35.5 Å². The normalized spacial score (nSPS) is 11.0. The zero-order valence-corrected chi connectivity index (χ0v) is 18.8. The van der Waals surface area contributed by atoms with Gasteiger partial charge in [-0.1, -0.05) is 24.3 Å². The molecule has 154 valence electrons. The number of benzene rings is 2. The van der Waals surface area contributed by atoms with Gasteiger partial charge in [0.2, 0.25) is 0 Å². The zero-order chi connectivity index (χ0) is 19.9. The number of hydrogen-bond donors (Lipinski definition) is 2. The molecule has 0 saturated carbocycles. The van der Waals surface area contributed by atoms with Gasteiger partial charge >= 0.3 is 0 Å². The first-order valence-electron chi connectivity index (χ1n) is 8.79. The lowest BCUT2D eigenvalue weighted by molar-refractivity contribution is 0.385. The molecule has 0 radical (unpaired) electrons. The number of ether oxygens (including phenoxy) is 1. The lowest BCUT2D eigenvalue weighted by Crippen LogP contribution is -2.38. The molecule has 0 aliphatic rings. The van der Waals surface area contributed by atoms with Crippen molar-refractivity contribution < 1.29 is 9.13 Å². The Labute approximate surface area is 186 Å². The van der Waals surface area contributed by atoms with Crippen LogP contribution in [0.3, 0.4) is 0 Å². The molecule has 1 heterocycles. The molecule has 3 aromatic rings. The third kappa shape index (κ3) is 5.89. The summed E-state index contributed by atoms with van der Waals surface area (Å²) in [5, 5.41) is 10.1. The molecule has 0 amide bonds. The fraction of sp³-hybridized carbons (Fsp3) is 0.250. The van der Waals surface area contributed by atoms with Crippen molar-refractivity contribution in [1.82, 2.24) is 25.4 Å². The summed E-state index contributed by atoms with van der Waals surface area (Å²) >= 11 is 0. The largest absolute Gasteiger partial charge is 0.494 e. The van der Waals surface area contributed by atoms with Gasteiger partial charge in [-0.05, 0) is 29.3 Å². The predicted molar refractivity (Wildman–Crippen MR) is 122 cm³/mol. The van der Waals surface area contributed by atoms with E-state index in [1.54, 1.807) is 13.1 Å². The standard InChI is InChI=1S/C20H23FN6O.HI/c1-22-20(27(2)12-15-7-8-18(28-3)17(21)10-15)23-11-14-5-4-6-16(9-14)19-24-13-25-26-19;/h4-10,13H,11-12H2,1-3H3,(H,22,23)(H,24,25,26);1H. The minimum atomic E-state index is -0.374. The van der Waals surface area contributed by atoms with Gasteiger partial charge in [0.15, 0.2) is 23.4 Å². The number of nitrogens with zero attached hydrogens (tertiary/aromatic N) is 4. The number of methoxy groups -OCH3 is 1. The molecule has 0 unspecified atom stereocenters. The van der Waals surface area contributed by atoms with Crippen LogP contribution in [0.2, 0.25) is 0 Å². The molecule has 7 nitrogen and oxygen atoms in total. The molecule has 0 spiro atoms. The molecule has 0 saturated heterocycles. The number of aromatic amines is 1. The summed E-state index contributed by atoms with van der Waals surface area (Å²) in [5.41, 5.74) is 2.88. The third-order valence-corrected chi connectivity index (χ3v) is 4.28. The van der Waals surface area contributed by atoms with Gasteiger partial charge < -0.3 is 15.0 Å². The van der Waals surface area contributed by atoms with Crippen molar-refractivity contribution in [3.63, 3.8) is 0 Å². The Hall–Kier alpha value is -2.69. The van der Waals surface area contributed by atoms with Crippen molar-refractivity contribution in [2.45, 2.75) is 13.1 Å². The fourth-order valence-electron chi connectivity index (χ4n) is 2.90. The van der Waals surface area contributed by atoms with Crippen LogP contribution in [-0.4, -0.2) is 47.2 Å². The predicted octanol–water partition coefficient (Wildman–Crippen LogP) is 3.44. The number of rotatable bonds is 6. The Morgan fingerprint density at radius 2 is 2.07 bits per heavy atom. The van der Waals surface area contributed by atoms with Gasteiger partial charge in [0.05, 0.1) is 7.11 Å². The lowest BCUT2D eigenvalue weighted by atomic mass is 10.1. The molecule has 0 atom stereocenters. The summed E-state index contributed by atoms with van der Waals surface area (Å²) < 4.78 is 18.9. The molecular weight excluding hydrogens is 486 g/mol. The highest BCUT2D eigenvalue weighted by molar-refractivity contribution is 14.0. The minimum absolute atomic E-state index is 0. The highest BCUT2D eigenvalue weighted by Gasteiger charge is 2.10. The van der Waals surface area contributed by atoms with E-state index in [0.717, 1.165) is 22.5 Å². The molecular formula is C20H24FIN6O. The van der Waals surface area contributed by atoms with E-state index in [9.17, 15) is 4.39 Å². The summed E-state index contributed by atoms with van der Waals surface area (Å²) in [5.74, 6) is 1.30. The first-order chi connectivity index (χ1) is 13.6. The first-order valence-corrected chi connectivity index (χ1v) is 8.79. The molecule has 0 aliphatic carbocycles. The third-order valence-electron chi connectivity index (χ3n) is 4.28. The van der Waals surface area contributed by atoms with E-state index in [4.69, 9.17) is 4.74 Å². The van der Waals surface area contributed by atoms with Crippen LogP contribution in [0.5, 0.6) is 5.75 Å². The Kier molecular flexibility index (Phi) is 8.37. The number of guanidine groups is 1. The van der Waals surface area contributed by atoms with Crippen LogP contribution >= 0.6 is 24.0 Å². The highest BCUT2D eigenvalue weighted by atomic mass is 127. The van der Waals surface area contributed by atoms with Crippen molar-refractivity contribution in [2.24, 2.45) is 4.99 Å². The Bertz CT molecular complexity index is 948. The average Bonchev–Trinajstić information content (AvgIpc) is 3.24. The molecule has 29 heavy (non-hydrogen) atoms. The number of halogens is 2. The zero-order valence-electron chi connectivity index (χ0n) is 16.5. The molecule has 0 fully saturated rings. The van der Waals surface area contributed by atoms with Crippen LogP contribution in [0.1, 0.15) is 11.1 Å². The van der Waals surface area contributed by atoms with Gasteiger partial charge in [0, 0.05) is 32.7 Å². The van der Waals surface area contributed by atoms with Gasteiger partial charge in [0.1, 0.15) is 6.33 Å². The topological polar surface area (TPSA) is 78.4 Å². The molecule has 0 bridgehead atoms. The van der Waals surface area contributed by atoms with Gasteiger partial charge in [-0.25, -0.2) is 9.37 Å². The van der Waals surface area contributed by atoms with Crippen molar-refractivity contribution in [2.75, 3.05) is 21.2 Å². The van der Waals surface area contributed by atoms with E-state index in [2.05, 4.69) is 25.5 Å². The molecule has 0 aliphatic heterocycles. The van der Waals surface area contributed by atoms with Crippen LogP contribution in [0, 0.1) is 5.82 Å². The summed E-state index contributed by atoms with van der Waals surface area (Å²) in [6.45, 7) is 1.11.